The van der Waals surface area contributed by atoms with Crippen molar-refractivity contribution in [2.45, 2.75) is 34.6 Å². The summed E-state index contributed by atoms with van der Waals surface area (Å²) in [5.41, 5.74) is 2.53. The van der Waals surface area contributed by atoms with Crippen molar-refractivity contribution in [2.24, 2.45) is 0 Å². The molecular weight excluding hydrogens is 394 g/mol. The van der Waals surface area contributed by atoms with Gasteiger partial charge >= 0.3 is 11.9 Å². The highest BCUT2D eigenvalue weighted by Gasteiger charge is 2.30. The van der Waals surface area contributed by atoms with Crippen LogP contribution >= 0.6 is 0 Å². The Labute approximate surface area is 182 Å². The molecule has 2 aromatic carbocycles. The Morgan fingerprint density at radius 1 is 0.774 bits per heavy atom. The number of hydrogen-bond acceptors (Lipinski definition) is 6. The molecule has 6 heteroatoms. The number of fused-ring (bicyclic) bond motifs is 1. The van der Waals surface area contributed by atoms with Gasteiger partial charge < -0.3 is 14.2 Å². The van der Waals surface area contributed by atoms with E-state index in [-0.39, 0.29) is 24.3 Å². The fourth-order valence-corrected chi connectivity index (χ4v) is 3.79. The molecule has 0 aliphatic rings. The quantitative estimate of drug-likeness (QED) is 0.484. The summed E-state index contributed by atoms with van der Waals surface area (Å²) in [5, 5.41) is 1.81. The van der Waals surface area contributed by atoms with Crippen LogP contribution in [-0.2, 0) is 9.47 Å². The van der Waals surface area contributed by atoms with E-state index in [9.17, 15) is 9.59 Å². The number of aryl methyl sites for hydroxylation is 2. The Hall–Kier alpha value is -3.41. The van der Waals surface area contributed by atoms with Gasteiger partial charge in [0.15, 0.2) is 0 Å². The number of carbonyl (C=O) groups excluding carboxylic acids is 2. The summed E-state index contributed by atoms with van der Waals surface area (Å²) in [6.45, 7) is 9.68. The second-order valence-electron chi connectivity index (χ2n) is 6.94. The average molecular weight is 421 g/mol. The lowest BCUT2D eigenvalue weighted by atomic mass is 9.88. The molecule has 0 aliphatic heterocycles. The normalized spacial score (nSPS) is 10.7. The second-order valence-corrected chi connectivity index (χ2v) is 6.94. The number of aromatic nitrogens is 1. The molecule has 162 valence electrons. The number of pyridine rings is 1. The zero-order valence-corrected chi connectivity index (χ0v) is 18.6. The van der Waals surface area contributed by atoms with Crippen LogP contribution in [0.15, 0.2) is 36.4 Å². The second kappa shape index (κ2) is 9.60. The molecule has 3 rings (SSSR count). The first-order chi connectivity index (χ1) is 14.9. The summed E-state index contributed by atoms with van der Waals surface area (Å²) >= 11 is 0. The number of ether oxygens (including phenoxy) is 3. The van der Waals surface area contributed by atoms with Gasteiger partial charge in [0.05, 0.1) is 42.3 Å². The third kappa shape index (κ3) is 4.24. The Kier molecular flexibility index (Phi) is 6.90. The molecular formula is C25H27NO5. The lowest BCUT2D eigenvalue weighted by Gasteiger charge is -2.21. The fourth-order valence-electron chi connectivity index (χ4n) is 3.79. The summed E-state index contributed by atoms with van der Waals surface area (Å²) in [7, 11) is 0. The van der Waals surface area contributed by atoms with Crippen molar-refractivity contribution >= 4 is 22.7 Å². The SMILES string of the molecule is CCOC(=O)c1c(C)nc(C)c(C(=O)OCC)c1-c1c(OCC)ccc2ccccc12. The van der Waals surface area contributed by atoms with Gasteiger partial charge in [0.2, 0.25) is 0 Å². The van der Waals surface area contributed by atoms with Gasteiger partial charge in [-0.05, 0) is 51.5 Å². The lowest BCUT2D eigenvalue weighted by molar-refractivity contribution is 0.0525. The van der Waals surface area contributed by atoms with Gasteiger partial charge in [-0.1, -0.05) is 30.3 Å². The van der Waals surface area contributed by atoms with Crippen LogP contribution in [-0.4, -0.2) is 36.7 Å². The van der Waals surface area contributed by atoms with Gasteiger partial charge in [-0.25, -0.2) is 9.59 Å². The maximum Gasteiger partial charge on any atom is 0.340 e. The molecule has 0 radical (unpaired) electrons. The smallest absolute Gasteiger partial charge is 0.340 e. The molecule has 0 amide bonds. The molecule has 0 fully saturated rings. The molecule has 0 unspecified atom stereocenters. The van der Waals surface area contributed by atoms with Crippen molar-refractivity contribution in [2.75, 3.05) is 19.8 Å². The number of nitrogens with zero attached hydrogens (tertiary/aromatic N) is 1. The van der Waals surface area contributed by atoms with Crippen LogP contribution in [0, 0.1) is 13.8 Å². The summed E-state index contributed by atoms with van der Waals surface area (Å²) in [4.78, 5) is 30.6. The lowest BCUT2D eigenvalue weighted by Crippen LogP contribution is -2.18. The third-order valence-electron chi connectivity index (χ3n) is 4.96. The molecule has 1 aromatic heterocycles. The van der Waals surface area contributed by atoms with Gasteiger partial charge in [0.1, 0.15) is 5.75 Å². The van der Waals surface area contributed by atoms with E-state index >= 15 is 0 Å². The van der Waals surface area contributed by atoms with E-state index in [2.05, 4.69) is 4.98 Å². The minimum Gasteiger partial charge on any atom is -0.493 e. The van der Waals surface area contributed by atoms with Crippen LogP contribution in [0.5, 0.6) is 5.75 Å². The highest BCUT2D eigenvalue weighted by molar-refractivity contribution is 6.13. The molecule has 6 nitrogen and oxygen atoms in total. The summed E-state index contributed by atoms with van der Waals surface area (Å²) in [6.07, 6.45) is 0. The standard InChI is InChI=1S/C25H27NO5/c1-6-29-19-14-13-17-11-9-10-12-18(17)22(19)23-20(24(27)30-7-2)15(4)26-16(5)21(23)25(28)31-8-3/h9-14H,6-8H2,1-5H3. The molecule has 3 aromatic rings. The van der Waals surface area contributed by atoms with Crippen LogP contribution in [0.2, 0.25) is 0 Å². The summed E-state index contributed by atoms with van der Waals surface area (Å²) in [5.74, 6) is -0.505. The van der Waals surface area contributed by atoms with E-state index in [1.807, 2.05) is 43.3 Å². The number of hydrogen-bond donors (Lipinski definition) is 0. The number of carbonyl (C=O) groups is 2. The molecule has 0 atom stereocenters. The molecule has 0 spiro atoms. The monoisotopic (exact) mass is 421 g/mol. The highest BCUT2D eigenvalue weighted by Crippen LogP contribution is 2.42. The first-order valence-electron chi connectivity index (χ1n) is 10.4. The highest BCUT2D eigenvalue weighted by atomic mass is 16.5. The van der Waals surface area contributed by atoms with Gasteiger partial charge in [-0.2, -0.15) is 0 Å². The number of esters is 2. The Morgan fingerprint density at radius 2 is 1.35 bits per heavy atom. The molecule has 0 bridgehead atoms. The zero-order chi connectivity index (χ0) is 22.5. The molecule has 0 saturated heterocycles. The van der Waals surface area contributed by atoms with E-state index < -0.39 is 11.9 Å². The van der Waals surface area contributed by atoms with Crippen LogP contribution < -0.4 is 4.74 Å². The first-order valence-corrected chi connectivity index (χ1v) is 10.4. The van der Waals surface area contributed by atoms with Crippen molar-refractivity contribution < 1.29 is 23.8 Å². The molecule has 0 aliphatic carbocycles. The Bertz CT molecular complexity index is 1090. The number of benzene rings is 2. The zero-order valence-electron chi connectivity index (χ0n) is 18.6. The Balaban J connectivity index is 2.53. The minimum absolute atomic E-state index is 0.203. The van der Waals surface area contributed by atoms with E-state index in [0.29, 0.717) is 34.9 Å². The van der Waals surface area contributed by atoms with Gasteiger partial charge in [-0.15, -0.1) is 0 Å². The van der Waals surface area contributed by atoms with Crippen LogP contribution in [0.25, 0.3) is 21.9 Å². The summed E-state index contributed by atoms with van der Waals surface area (Å²) < 4.78 is 16.6. The van der Waals surface area contributed by atoms with Crippen LogP contribution in [0.1, 0.15) is 52.9 Å². The van der Waals surface area contributed by atoms with Crippen molar-refractivity contribution in [1.82, 2.24) is 4.98 Å². The predicted molar refractivity (Wildman–Crippen MR) is 120 cm³/mol. The maximum atomic E-state index is 13.1. The third-order valence-corrected chi connectivity index (χ3v) is 4.96. The van der Waals surface area contributed by atoms with Gasteiger partial charge in [0.25, 0.3) is 0 Å². The minimum atomic E-state index is -0.538. The summed E-state index contributed by atoms with van der Waals surface area (Å²) in [6, 6.07) is 11.6. The van der Waals surface area contributed by atoms with E-state index in [1.165, 1.54) is 0 Å². The molecule has 31 heavy (non-hydrogen) atoms. The largest absolute Gasteiger partial charge is 0.493 e. The van der Waals surface area contributed by atoms with Crippen molar-refractivity contribution in [3.05, 3.63) is 58.9 Å². The molecule has 0 N–H and O–H groups in total. The van der Waals surface area contributed by atoms with Crippen molar-refractivity contribution in [1.29, 1.82) is 0 Å². The van der Waals surface area contributed by atoms with Crippen LogP contribution in [0.3, 0.4) is 0 Å². The van der Waals surface area contributed by atoms with E-state index in [4.69, 9.17) is 14.2 Å². The fraction of sp³-hybridized carbons (Fsp3) is 0.320. The van der Waals surface area contributed by atoms with E-state index in [0.717, 1.165) is 10.8 Å². The molecule has 1 heterocycles. The average Bonchev–Trinajstić information content (AvgIpc) is 2.73. The molecule has 0 saturated carbocycles. The Morgan fingerprint density at radius 3 is 1.90 bits per heavy atom. The van der Waals surface area contributed by atoms with Crippen LogP contribution in [0.4, 0.5) is 0 Å². The number of rotatable bonds is 7. The van der Waals surface area contributed by atoms with Crippen molar-refractivity contribution in [3.63, 3.8) is 0 Å². The van der Waals surface area contributed by atoms with Gasteiger partial charge in [-0.3, -0.25) is 4.98 Å². The topological polar surface area (TPSA) is 74.7 Å². The van der Waals surface area contributed by atoms with E-state index in [1.54, 1.807) is 27.7 Å². The first kappa shape index (κ1) is 22.3. The predicted octanol–water partition coefficient (Wildman–Crippen LogP) is 5.27. The van der Waals surface area contributed by atoms with Gasteiger partial charge in [0, 0.05) is 11.1 Å². The maximum absolute atomic E-state index is 13.1. The van der Waals surface area contributed by atoms with Crippen molar-refractivity contribution in [3.8, 4) is 16.9 Å².